The fraction of sp³-hybridized carbons (Fsp3) is 0.364. The molecular weight excluding hydrogens is 588 g/mol. The maximum atomic E-state index is 12.9. The van der Waals surface area contributed by atoms with Gasteiger partial charge in [-0.3, -0.25) is 14.9 Å². The van der Waals surface area contributed by atoms with Crippen LogP contribution in [-0.2, 0) is 27.2 Å². The number of nitrogens with one attached hydrogen (secondary N) is 2. The van der Waals surface area contributed by atoms with Crippen LogP contribution in [-0.4, -0.2) is 79.5 Å². The van der Waals surface area contributed by atoms with Crippen LogP contribution in [0, 0.1) is 0 Å². The Kier molecular flexibility index (Phi) is 8.75. The second-order valence-electron chi connectivity index (χ2n) is 12.1. The van der Waals surface area contributed by atoms with Crippen molar-refractivity contribution in [2.45, 2.75) is 52.3 Å². The normalized spacial score (nSPS) is 15.2. The van der Waals surface area contributed by atoms with E-state index >= 15 is 0 Å². The van der Waals surface area contributed by atoms with E-state index in [1.54, 1.807) is 15.6 Å². The largest absolute Gasteiger partial charge is 0.447 e. The molecule has 0 unspecified atom stereocenters. The Bertz CT molecular complexity index is 1850. The molecule has 13 nitrogen and oxygen atoms in total. The standard InChI is InChI=1S/C33H38N8O5/c1-5-26-27(38-31(42)45-20-25-19-44-14-13-39(25)32(43)46-33(2,3)4)18-41-29(26)30(34-21-36-41)37-24-11-12-28-23(15-24)16-35-40(28)17-22-9-7-6-8-10-22/h6-12,15-16,18,21,25H,5,13-14,17,19-20H2,1-4H3,(H,38,42)(H,34,36,37)/t25-/m0/s1. The summed E-state index contributed by atoms with van der Waals surface area (Å²) in [7, 11) is 0. The lowest BCUT2D eigenvalue weighted by molar-refractivity contribution is -0.0453. The fourth-order valence-corrected chi connectivity index (χ4v) is 5.49. The summed E-state index contributed by atoms with van der Waals surface area (Å²) in [5, 5.41) is 16.2. The zero-order valence-corrected chi connectivity index (χ0v) is 26.4. The number of rotatable bonds is 8. The van der Waals surface area contributed by atoms with E-state index in [0.29, 0.717) is 37.6 Å². The lowest BCUT2D eigenvalue weighted by Gasteiger charge is -2.36. The van der Waals surface area contributed by atoms with Gasteiger partial charge in [-0.2, -0.15) is 10.2 Å². The van der Waals surface area contributed by atoms with Crippen molar-refractivity contribution >= 4 is 45.8 Å². The Labute approximate surface area is 266 Å². The third-order valence-electron chi connectivity index (χ3n) is 7.61. The topological polar surface area (TPSA) is 137 Å². The van der Waals surface area contributed by atoms with Gasteiger partial charge in [-0.05, 0) is 51.0 Å². The number of aryl methyl sites for hydroxylation is 1. The van der Waals surface area contributed by atoms with Crippen LogP contribution < -0.4 is 10.6 Å². The van der Waals surface area contributed by atoms with Gasteiger partial charge < -0.3 is 19.5 Å². The predicted octanol–water partition coefficient (Wildman–Crippen LogP) is 5.62. The molecular formula is C33H38N8O5. The summed E-state index contributed by atoms with van der Waals surface area (Å²) in [6, 6.07) is 15.8. The number of ether oxygens (including phenoxy) is 3. The third kappa shape index (κ3) is 6.89. The molecule has 0 bridgehead atoms. The first kappa shape index (κ1) is 30.8. The summed E-state index contributed by atoms with van der Waals surface area (Å²) >= 11 is 0. The molecule has 1 aliphatic rings. The van der Waals surface area contributed by atoms with Crippen LogP contribution in [0.3, 0.4) is 0 Å². The van der Waals surface area contributed by atoms with Crippen LogP contribution in [0.5, 0.6) is 0 Å². The van der Waals surface area contributed by atoms with Gasteiger partial charge in [-0.1, -0.05) is 37.3 Å². The molecule has 1 aliphatic heterocycles. The number of morpholine rings is 1. The van der Waals surface area contributed by atoms with Crippen LogP contribution in [0.4, 0.5) is 26.8 Å². The van der Waals surface area contributed by atoms with E-state index in [4.69, 9.17) is 14.2 Å². The first-order valence-corrected chi connectivity index (χ1v) is 15.3. The molecule has 0 spiro atoms. The lowest BCUT2D eigenvalue weighted by Crippen LogP contribution is -2.52. The smallest absolute Gasteiger partial charge is 0.411 e. The number of fused-ring (bicyclic) bond motifs is 2. The molecule has 46 heavy (non-hydrogen) atoms. The Hall–Kier alpha value is -5.17. The summed E-state index contributed by atoms with van der Waals surface area (Å²) in [5.74, 6) is 0.594. The van der Waals surface area contributed by atoms with E-state index in [1.807, 2.05) is 75.0 Å². The van der Waals surface area contributed by atoms with Crippen molar-refractivity contribution in [2.75, 3.05) is 37.0 Å². The van der Waals surface area contributed by atoms with E-state index in [1.165, 1.54) is 11.9 Å². The molecule has 1 atom stereocenters. The highest BCUT2D eigenvalue weighted by molar-refractivity contribution is 5.91. The SMILES string of the molecule is CCc1c(NC(=O)OC[C@@H]2COCCN2C(=O)OC(C)(C)C)cn2ncnc(Nc3ccc4c(cnn4Cc4ccccc4)c3)c12. The molecule has 4 heterocycles. The van der Waals surface area contributed by atoms with Crippen molar-refractivity contribution < 1.29 is 23.8 Å². The number of hydrogen-bond donors (Lipinski definition) is 2. The lowest BCUT2D eigenvalue weighted by atomic mass is 10.2. The molecule has 240 valence electrons. The fourth-order valence-electron chi connectivity index (χ4n) is 5.49. The quantitative estimate of drug-likeness (QED) is 0.225. The van der Waals surface area contributed by atoms with Crippen molar-refractivity contribution in [3.05, 3.63) is 78.4 Å². The van der Waals surface area contributed by atoms with E-state index < -0.39 is 23.8 Å². The number of nitrogens with zero attached hydrogens (tertiary/aromatic N) is 6. The van der Waals surface area contributed by atoms with Crippen molar-refractivity contribution in [1.82, 2.24) is 29.3 Å². The molecule has 5 aromatic rings. The summed E-state index contributed by atoms with van der Waals surface area (Å²) in [5.41, 5.74) is 4.54. The minimum absolute atomic E-state index is 0.0447. The van der Waals surface area contributed by atoms with Gasteiger partial charge in [0.05, 0.1) is 49.4 Å². The van der Waals surface area contributed by atoms with Crippen molar-refractivity contribution in [3.63, 3.8) is 0 Å². The predicted molar refractivity (Wildman–Crippen MR) is 173 cm³/mol. The first-order chi connectivity index (χ1) is 22.2. The Morgan fingerprint density at radius 2 is 1.93 bits per heavy atom. The molecule has 0 saturated carbocycles. The average molecular weight is 627 g/mol. The highest BCUT2D eigenvalue weighted by Gasteiger charge is 2.32. The van der Waals surface area contributed by atoms with Crippen LogP contribution in [0.15, 0.2) is 67.3 Å². The number of aromatic nitrogens is 5. The molecule has 13 heteroatoms. The molecule has 0 aliphatic carbocycles. The van der Waals surface area contributed by atoms with Gasteiger partial charge in [-0.25, -0.2) is 19.1 Å². The van der Waals surface area contributed by atoms with Crippen LogP contribution >= 0.6 is 0 Å². The summed E-state index contributed by atoms with van der Waals surface area (Å²) < 4.78 is 20.3. The Morgan fingerprint density at radius 1 is 1.11 bits per heavy atom. The summed E-state index contributed by atoms with van der Waals surface area (Å²) in [6.45, 7) is 9.05. The van der Waals surface area contributed by atoms with Gasteiger partial charge in [0.2, 0.25) is 0 Å². The van der Waals surface area contributed by atoms with E-state index in [-0.39, 0.29) is 13.2 Å². The highest BCUT2D eigenvalue weighted by atomic mass is 16.6. The molecule has 2 aromatic carbocycles. The number of benzene rings is 2. The molecule has 0 radical (unpaired) electrons. The Balaban J connectivity index is 1.15. The van der Waals surface area contributed by atoms with Crippen molar-refractivity contribution in [1.29, 1.82) is 0 Å². The van der Waals surface area contributed by atoms with Gasteiger partial charge in [0.25, 0.3) is 0 Å². The highest BCUT2D eigenvalue weighted by Crippen LogP contribution is 2.31. The molecule has 2 N–H and O–H groups in total. The number of carbonyl (C=O) groups excluding carboxylic acids is 2. The van der Waals surface area contributed by atoms with Crippen LogP contribution in [0.2, 0.25) is 0 Å². The third-order valence-corrected chi connectivity index (χ3v) is 7.61. The van der Waals surface area contributed by atoms with Crippen molar-refractivity contribution in [3.8, 4) is 0 Å². The number of hydrogen-bond acceptors (Lipinski definition) is 9. The minimum Gasteiger partial charge on any atom is -0.447 e. The molecule has 2 amide bonds. The van der Waals surface area contributed by atoms with Gasteiger partial charge in [0, 0.05) is 23.2 Å². The van der Waals surface area contributed by atoms with E-state index in [0.717, 1.165) is 27.7 Å². The molecule has 6 rings (SSSR count). The van der Waals surface area contributed by atoms with Gasteiger partial charge in [0.1, 0.15) is 24.1 Å². The first-order valence-electron chi connectivity index (χ1n) is 15.3. The van der Waals surface area contributed by atoms with Crippen LogP contribution in [0.25, 0.3) is 16.4 Å². The monoisotopic (exact) mass is 626 g/mol. The summed E-state index contributed by atoms with van der Waals surface area (Å²) in [6.07, 6.45) is 4.53. The molecule has 3 aromatic heterocycles. The molecule has 1 fully saturated rings. The minimum atomic E-state index is -0.652. The molecule has 1 saturated heterocycles. The van der Waals surface area contributed by atoms with Gasteiger partial charge in [0.15, 0.2) is 5.82 Å². The van der Waals surface area contributed by atoms with Crippen LogP contribution in [0.1, 0.15) is 38.8 Å². The van der Waals surface area contributed by atoms with Gasteiger partial charge in [-0.15, -0.1) is 0 Å². The van der Waals surface area contributed by atoms with E-state index in [2.05, 4.69) is 37.9 Å². The second kappa shape index (κ2) is 13.1. The number of amides is 2. The maximum Gasteiger partial charge on any atom is 0.411 e. The zero-order chi connectivity index (χ0) is 32.3. The average Bonchev–Trinajstić information content (AvgIpc) is 3.60. The maximum absolute atomic E-state index is 12.9. The van der Waals surface area contributed by atoms with Gasteiger partial charge >= 0.3 is 12.2 Å². The van der Waals surface area contributed by atoms with E-state index in [9.17, 15) is 9.59 Å². The Morgan fingerprint density at radius 3 is 2.72 bits per heavy atom. The number of anilines is 3. The number of carbonyl (C=O) groups is 2. The second-order valence-corrected chi connectivity index (χ2v) is 12.1. The van der Waals surface area contributed by atoms with Crippen molar-refractivity contribution in [2.24, 2.45) is 0 Å². The zero-order valence-electron chi connectivity index (χ0n) is 26.4. The summed E-state index contributed by atoms with van der Waals surface area (Å²) in [4.78, 5) is 31.7.